The van der Waals surface area contributed by atoms with Crippen LogP contribution in [0.1, 0.15) is 12.0 Å². The van der Waals surface area contributed by atoms with Crippen molar-refractivity contribution in [3.8, 4) is 16.2 Å². The molecule has 0 aliphatic rings. The zero-order valence-electron chi connectivity index (χ0n) is 14.9. The highest BCUT2D eigenvalue weighted by atomic mass is 32.2. The second-order valence-corrected chi connectivity index (χ2v) is 7.56. The lowest BCUT2D eigenvalue weighted by Gasteiger charge is -2.16. The van der Waals surface area contributed by atoms with E-state index in [1.54, 1.807) is 5.38 Å². The average Bonchev–Trinajstić information content (AvgIpc) is 3.11. The van der Waals surface area contributed by atoms with Crippen LogP contribution in [0.4, 0.5) is 14.5 Å². The summed E-state index contributed by atoms with van der Waals surface area (Å²) in [5.74, 6) is -1.83. The Morgan fingerprint density at radius 2 is 1.89 bits per heavy atom. The van der Waals surface area contributed by atoms with E-state index in [1.807, 2.05) is 31.2 Å². The maximum absolute atomic E-state index is 13.9. The Morgan fingerprint density at radius 1 is 1.14 bits per heavy atom. The van der Waals surface area contributed by atoms with Crippen LogP contribution >= 0.6 is 11.3 Å². The van der Waals surface area contributed by atoms with Crippen molar-refractivity contribution in [2.24, 2.45) is 0 Å². The molecular formula is C20H17F2NO3S2. The van der Waals surface area contributed by atoms with Gasteiger partial charge in [0.2, 0.25) is 0 Å². The van der Waals surface area contributed by atoms with Gasteiger partial charge in [-0.3, -0.25) is 9.10 Å². The van der Waals surface area contributed by atoms with E-state index in [0.29, 0.717) is 10.6 Å². The van der Waals surface area contributed by atoms with E-state index in [9.17, 15) is 17.8 Å². The number of nitrogens with zero attached hydrogens (tertiary/aromatic N) is 1. The summed E-state index contributed by atoms with van der Waals surface area (Å²) in [6.07, 6.45) is 0.0290. The molecule has 28 heavy (non-hydrogen) atoms. The Morgan fingerprint density at radius 3 is 2.57 bits per heavy atom. The first-order valence-electron chi connectivity index (χ1n) is 8.38. The Labute approximate surface area is 169 Å². The highest BCUT2D eigenvalue weighted by Crippen LogP contribution is 2.32. The molecule has 3 rings (SSSR count). The van der Waals surface area contributed by atoms with Gasteiger partial charge < -0.3 is 4.74 Å². The van der Waals surface area contributed by atoms with Crippen LogP contribution in [0.3, 0.4) is 0 Å². The van der Waals surface area contributed by atoms with E-state index in [1.165, 1.54) is 22.5 Å². The lowest BCUT2D eigenvalue weighted by Crippen LogP contribution is -2.23. The molecule has 0 bridgehead atoms. The third-order valence-corrected chi connectivity index (χ3v) is 5.42. The van der Waals surface area contributed by atoms with Crippen molar-refractivity contribution >= 4 is 34.8 Å². The number of esters is 1. The topological polar surface area (TPSA) is 46.6 Å². The second kappa shape index (κ2) is 9.07. The van der Waals surface area contributed by atoms with Crippen molar-refractivity contribution in [1.29, 1.82) is 0 Å². The number of thiophene rings is 1. The Bertz CT molecular complexity index is 989. The van der Waals surface area contributed by atoms with E-state index >= 15 is 0 Å². The number of benzene rings is 2. The number of hydrogen-bond acceptors (Lipinski definition) is 4. The normalized spacial score (nSPS) is 10.7. The number of hydrogen-bond donors (Lipinski definition) is 1. The van der Waals surface area contributed by atoms with Gasteiger partial charge in [0.05, 0.1) is 6.42 Å². The maximum Gasteiger partial charge on any atom is 0.313 e. The van der Waals surface area contributed by atoms with Crippen molar-refractivity contribution < 1.29 is 22.5 Å². The first-order valence-corrected chi connectivity index (χ1v) is 10.0. The smallest absolute Gasteiger partial charge is 0.313 e. The van der Waals surface area contributed by atoms with Crippen LogP contribution in [0, 0.1) is 18.6 Å². The van der Waals surface area contributed by atoms with Gasteiger partial charge in [0.1, 0.15) is 23.5 Å². The molecule has 146 valence electrons. The number of carbonyl (C=O) groups is 1. The molecule has 0 spiro atoms. The summed E-state index contributed by atoms with van der Waals surface area (Å²) in [7, 11) is 0. The van der Waals surface area contributed by atoms with Crippen LogP contribution in [0.5, 0.6) is 5.06 Å². The fourth-order valence-corrected chi connectivity index (χ4v) is 3.71. The van der Waals surface area contributed by atoms with Crippen LogP contribution in [0.15, 0.2) is 53.9 Å². The third kappa shape index (κ3) is 5.02. The number of rotatable bonds is 7. The molecule has 0 fully saturated rings. The van der Waals surface area contributed by atoms with E-state index < -0.39 is 17.6 Å². The number of halogens is 2. The van der Waals surface area contributed by atoms with Crippen molar-refractivity contribution in [2.75, 3.05) is 10.8 Å². The number of carbonyl (C=O) groups excluding carboxylic acids is 1. The zero-order valence-corrected chi connectivity index (χ0v) is 16.6. The predicted molar refractivity (Wildman–Crippen MR) is 108 cm³/mol. The van der Waals surface area contributed by atoms with Crippen LogP contribution in [0.2, 0.25) is 0 Å². The van der Waals surface area contributed by atoms with Gasteiger partial charge in [-0.05, 0) is 36.8 Å². The summed E-state index contributed by atoms with van der Waals surface area (Å²) in [5.41, 5.74) is 2.55. The minimum Gasteiger partial charge on any atom is -0.415 e. The van der Waals surface area contributed by atoms with E-state index in [0.717, 1.165) is 28.7 Å². The lowest BCUT2D eigenvalue weighted by atomic mass is 10.1. The molecule has 4 nitrogen and oxygen atoms in total. The molecule has 0 aliphatic heterocycles. The summed E-state index contributed by atoms with van der Waals surface area (Å²) in [5, 5.41) is 1.94. The molecule has 0 N–H and O–H groups in total. The molecule has 0 radical (unpaired) electrons. The van der Waals surface area contributed by atoms with Crippen molar-refractivity contribution in [3.05, 3.63) is 71.1 Å². The van der Waals surface area contributed by atoms with Gasteiger partial charge in [0, 0.05) is 35.3 Å². The first kappa shape index (κ1) is 20.2. The standard InChI is InChI=1S/C20H17F2NO3S2/c1-13-2-5-16(6-3-13)23(28-25)9-8-19(24)26-20-10-14(12-27-20)17-7-4-15(21)11-18(17)22/h2-7,10-12,28H,8-9H2,1H3. The Hall–Kier alpha value is -2.58. The molecule has 1 aromatic heterocycles. The monoisotopic (exact) mass is 421 g/mol. The average molecular weight is 421 g/mol. The van der Waals surface area contributed by atoms with Gasteiger partial charge in [-0.25, -0.2) is 13.0 Å². The molecule has 0 aliphatic carbocycles. The third-order valence-electron chi connectivity index (χ3n) is 3.99. The summed E-state index contributed by atoms with van der Waals surface area (Å²) in [6.45, 7) is 2.17. The van der Waals surface area contributed by atoms with Gasteiger partial charge in [0.15, 0.2) is 5.06 Å². The minimum absolute atomic E-state index is 0.0290. The molecule has 2 aromatic carbocycles. The highest BCUT2D eigenvalue weighted by Gasteiger charge is 2.13. The van der Waals surface area contributed by atoms with Crippen LogP contribution in [-0.4, -0.2) is 16.7 Å². The van der Waals surface area contributed by atoms with Crippen molar-refractivity contribution in [1.82, 2.24) is 0 Å². The summed E-state index contributed by atoms with van der Waals surface area (Å²) in [4.78, 5) is 12.1. The molecule has 0 saturated heterocycles. The van der Waals surface area contributed by atoms with E-state index in [2.05, 4.69) is 0 Å². The molecule has 8 heteroatoms. The van der Waals surface area contributed by atoms with Gasteiger partial charge in [-0.15, -0.1) is 11.3 Å². The van der Waals surface area contributed by atoms with E-state index in [4.69, 9.17) is 4.74 Å². The quantitative estimate of drug-likeness (QED) is 0.446. The maximum atomic E-state index is 13.9. The number of ether oxygens (including phenoxy) is 1. The summed E-state index contributed by atoms with van der Waals surface area (Å²) in [6, 6.07) is 12.3. The first-order chi connectivity index (χ1) is 13.5. The highest BCUT2D eigenvalue weighted by molar-refractivity contribution is 7.67. The number of anilines is 1. The fourth-order valence-electron chi connectivity index (χ4n) is 2.53. The molecule has 0 amide bonds. The molecule has 0 atom stereocenters. The lowest BCUT2D eigenvalue weighted by molar-refractivity contribution is -0.133. The minimum atomic E-state index is -0.682. The Kier molecular flexibility index (Phi) is 6.53. The Balaban J connectivity index is 1.60. The molecule has 3 aromatic rings. The largest absolute Gasteiger partial charge is 0.415 e. The van der Waals surface area contributed by atoms with Gasteiger partial charge in [0.25, 0.3) is 0 Å². The molecule has 0 unspecified atom stereocenters. The van der Waals surface area contributed by atoms with Crippen LogP contribution in [0.25, 0.3) is 11.1 Å². The van der Waals surface area contributed by atoms with Crippen molar-refractivity contribution in [2.45, 2.75) is 13.3 Å². The molecule has 0 saturated carbocycles. The molecular weight excluding hydrogens is 404 g/mol. The van der Waals surface area contributed by atoms with Crippen LogP contribution in [-0.2, 0) is 16.6 Å². The second-order valence-electron chi connectivity index (χ2n) is 6.04. The summed E-state index contributed by atoms with van der Waals surface area (Å²) < 4.78 is 45.1. The molecule has 1 heterocycles. The van der Waals surface area contributed by atoms with E-state index in [-0.39, 0.29) is 30.4 Å². The zero-order chi connectivity index (χ0) is 20.1. The SMILES string of the molecule is Cc1ccc(N(CCC(=O)Oc2cc(-c3ccc(F)cc3F)cs2)[SH]=O)cc1. The predicted octanol–water partition coefficient (Wildman–Crippen LogP) is 4.66. The number of aryl methyl sites for hydroxylation is 1. The fraction of sp³-hybridized carbons (Fsp3) is 0.150. The van der Waals surface area contributed by atoms with Crippen molar-refractivity contribution in [3.63, 3.8) is 0 Å². The van der Waals surface area contributed by atoms with Crippen LogP contribution < -0.4 is 9.04 Å². The number of thiol groups is 1. The van der Waals surface area contributed by atoms with Gasteiger partial charge in [-0.2, -0.15) is 0 Å². The summed E-state index contributed by atoms with van der Waals surface area (Å²) >= 11 is 0.926. The van der Waals surface area contributed by atoms with Gasteiger partial charge >= 0.3 is 5.97 Å². The van der Waals surface area contributed by atoms with Gasteiger partial charge in [-0.1, -0.05) is 17.7 Å².